The molecule has 0 aliphatic carbocycles. The van der Waals surface area contributed by atoms with Crippen LogP contribution in [0, 0.1) is 5.82 Å². The predicted molar refractivity (Wildman–Crippen MR) is 111 cm³/mol. The Hall–Kier alpha value is -2.34. The van der Waals surface area contributed by atoms with Gasteiger partial charge in [-0.05, 0) is 55.8 Å². The number of likely N-dealkylation sites (tertiary alicyclic amines) is 1. The van der Waals surface area contributed by atoms with Crippen molar-refractivity contribution in [3.8, 4) is 0 Å². The lowest BCUT2D eigenvalue weighted by Gasteiger charge is -2.36. The molecule has 6 heteroatoms. The van der Waals surface area contributed by atoms with Crippen molar-refractivity contribution >= 4 is 11.6 Å². The Bertz CT molecular complexity index is 770. The third-order valence-corrected chi connectivity index (χ3v) is 6.17. The SMILES string of the molecule is O=C(CCN1CCCCCC1c1ccco1)N1CCN(c2ccc(F)cc2)CC1. The van der Waals surface area contributed by atoms with Crippen LogP contribution in [0.2, 0.25) is 0 Å². The van der Waals surface area contributed by atoms with Crippen LogP contribution in [0.3, 0.4) is 0 Å². The quantitative estimate of drug-likeness (QED) is 0.760. The molecular formula is C23H30FN3O2. The van der Waals surface area contributed by atoms with Crippen molar-refractivity contribution in [1.29, 1.82) is 0 Å². The van der Waals surface area contributed by atoms with Crippen molar-refractivity contribution in [3.63, 3.8) is 0 Å². The molecule has 0 bridgehead atoms. The highest BCUT2D eigenvalue weighted by atomic mass is 19.1. The zero-order chi connectivity index (χ0) is 20.1. The van der Waals surface area contributed by atoms with Gasteiger partial charge < -0.3 is 14.2 Å². The average molecular weight is 400 g/mol. The molecule has 3 heterocycles. The molecule has 1 aromatic carbocycles. The lowest BCUT2D eigenvalue weighted by atomic mass is 10.1. The van der Waals surface area contributed by atoms with Gasteiger partial charge in [0, 0.05) is 44.8 Å². The second kappa shape index (κ2) is 9.44. The van der Waals surface area contributed by atoms with E-state index < -0.39 is 0 Å². The molecule has 2 aliphatic rings. The zero-order valence-corrected chi connectivity index (χ0v) is 16.9. The summed E-state index contributed by atoms with van der Waals surface area (Å²) in [5.41, 5.74) is 1.02. The zero-order valence-electron chi connectivity index (χ0n) is 16.9. The molecule has 2 aliphatic heterocycles. The topological polar surface area (TPSA) is 39.9 Å². The van der Waals surface area contributed by atoms with E-state index in [1.54, 1.807) is 18.4 Å². The molecular weight excluding hydrogens is 369 g/mol. The summed E-state index contributed by atoms with van der Waals surface area (Å²) in [6.07, 6.45) is 7.02. The van der Waals surface area contributed by atoms with E-state index in [-0.39, 0.29) is 17.8 Å². The van der Waals surface area contributed by atoms with E-state index in [4.69, 9.17) is 4.42 Å². The van der Waals surface area contributed by atoms with Crippen LogP contribution in [0.15, 0.2) is 47.1 Å². The monoisotopic (exact) mass is 399 g/mol. The first-order valence-corrected chi connectivity index (χ1v) is 10.8. The lowest BCUT2D eigenvalue weighted by molar-refractivity contribution is -0.132. The summed E-state index contributed by atoms with van der Waals surface area (Å²) in [6, 6.07) is 10.9. The molecule has 1 aromatic heterocycles. The van der Waals surface area contributed by atoms with Gasteiger partial charge in [0.05, 0.1) is 12.3 Å². The van der Waals surface area contributed by atoms with E-state index in [9.17, 15) is 9.18 Å². The third-order valence-electron chi connectivity index (χ3n) is 6.17. The van der Waals surface area contributed by atoms with Crippen LogP contribution in [0.4, 0.5) is 10.1 Å². The number of carbonyl (C=O) groups excluding carboxylic acids is 1. The minimum absolute atomic E-state index is 0.219. The fourth-order valence-electron chi connectivity index (χ4n) is 4.50. The molecule has 4 rings (SSSR count). The van der Waals surface area contributed by atoms with E-state index in [0.29, 0.717) is 6.42 Å². The fraction of sp³-hybridized carbons (Fsp3) is 0.522. The van der Waals surface area contributed by atoms with Crippen LogP contribution in [0.1, 0.15) is 43.9 Å². The number of carbonyl (C=O) groups is 1. The molecule has 0 radical (unpaired) electrons. The minimum atomic E-state index is -0.219. The summed E-state index contributed by atoms with van der Waals surface area (Å²) >= 11 is 0. The lowest BCUT2D eigenvalue weighted by Crippen LogP contribution is -2.49. The molecule has 2 aromatic rings. The third kappa shape index (κ3) is 4.99. The van der Waals surface area contributed by atoms with Gasteiger partial charge in [0.25, 0.3) is 0 Å². The van der Waals surface area contributed by atoms with Gasteiger partial charge in [0.1, 0.15) is 11.6 Å². The summed E-state index contributed by atoms with van der Waals surface area (Å²) in [5.74, 6) is 1.03. The van der Waals surface area contributed by atoms with E-state index in [1.807, 2.05) is 11.0 Å². The van der Waals surface area contributed by atoms with Gasteiger partial charge in [-0.15, -0.1) is 0 Å². The van der Waals surface area contributed by atoms with Crippen LogP contribution in [0.25, 0.3) is 0 Å². The summed E-state index contributed by atoms with van der Waals surface area (Å²) in [6.45, 7) is 4.82. The maximum absolute atomic E-state index is 13.1. The Kier molecular flexibility index (Phi) is 6.49. The number of furan rings is 1. The summed E-state index contributed by atoms with van der Waals surface area (Å²) in [4.78, 5) is 19.4. The van der Waals surface area contributed by atoms with Crippen LogP contribution in [-0.2, 0) is 4.79 Å². The summed E-state index contributed by atoms with van der Waals surface area (Å²) in [5, 5.41) is 0. The van der Waals surface area contributed by atoms with Crippen LogP contribution in [-0.4, -0.2) is 55.0 Å². The Morgan fingerprint density at radius 1 is 1.00 bits per heavy atom. The van der Waals surface area contributed by atoms with E-state index >= 15 is 0 Å². The molecule has 1 atom stereocenters. The number of piperazine rings is 1. The van der Waals surface area contributed by atoms with Crippen LogP contribution >= 0.6 is 0 Å². The molecule has 29 heavy (non-hydrogen) atoms. The largest absolute Gasteiger partial charge is 0.468 e. The van der Waals surface area contributed by atoms with E-state index in [1.165, 1.54) is 31.4 Å². The van der Waals surface area contributed by atoms with Crippen LogP contribution in [0.5, 0.6) is 0 Å². The van der Waals surface area contributed by atoms with Gasteiger partial charge in [0.2, 0.25) is 5.91 Å². The van der Waals surface area contributed by atoms with Crippen molar-refractivity contribution < 1.29 is 13.6 Å². The highest BCUT2D eigenvalue weighted by Gasteiger charge is 2.27. The van der Waals surface area contributed by atoms with Gasteiger partial charge in [-0.3, -0.25) is 9.69 Å². The first-order chi connectivity index (χ1) is 14.2. The Labute approximate surface area is 172 Å². The van der Waals surface area contributed by atoms with Gasteiger partial charge in [-0.2, -0.15) is 0 Å². The standard InChI is InChI=1S/C23H30FN3O2/c24-19-7-9-20(10-8-19)25-14-16-27(17-15-25)23(28)11-13-26-12-3-1-2-5-21(26)22-6-4-18-29-22/h4,6-10,18,21H,1-3,5,11-17H2. The Morgan fingerprint density at radius 2 is 1.79 bits per heavy atom. The van der Waals surface area contributed by atoms with Gasteiger partial charge in [-0.1, -0.05) is 12.8 Å². The number of nitrogens with zero attached hydrogens (tertiary/aromatic N) is 3. The number of benzene rings is 1. The predicted octanol–water partition coefficient (Wildman–Crippen LogP) is 4.07. The molecule has 0 spiro atoms. The van der Waals surface area contributed by atoms with Gasteiger partial charge >= 0.3 is 0 Å². The Balaban J connectivity index is 1.28. The summed E-state index contributed by atoms with van der Waals surface area (Å²) in [7, 11) is 0. The first-order valence-electron chi connectivity index (χ1n) is 10.8. The molecule has 1 unspecified atom stereocenters. The highest BCUT2D eigenvalue weighted by molar-refractivity contribution is 5.76. The van der Waals surface area contributed by atoms with E-state index in [0.717, 1.165) is 57.1 Å². The molecule has 1 amide bonds. The molecule has 0 saturated carbocycles. The number of amides is 1. The minimum Gasteiger partial charge on any atom is -0.468 e. The number of hydrogen-bond acceptors (Lipinski definition) is 4. The number of hydrogen-bond donors (Lipinski definition) is 0. The van der Waals surface area contributed by atoms with Crippen molar-refractivity contribution in [3.05, 3.63) is 54.2 Å². The second-order valence-corrected chi connectivity index (χ2v) is 8.01. The second-order valence-electron chi connectivity index (χ2n) is 8.01. The molecule has 0 N–H and O–H groups in total. The van der Waals surface area contributed by atoms with Gasteiger partial charge in [-0.25, -0.2) is 4.39 Å². The average Bonchev–Trinajstić information content (AvgIpc) is 3.18. The smallest absolute Gasteiger partial charge is 0.223 e. The van der Waals surface area contributed by atoms with Crippen molar-refractivity contribution in [2.24, 2.45) is 0 Å². The molecule has 156 valence electrons. The molecule has 5 nitrogen and oxygen atoms in total. The first kappa shape index (κ1) is 20.0. The highest BCUT2D eigenvalue weighted by Crippen LogP contribution is 2.30. The normalized spacial score (nSPS) is 21.2. The van der Waals surface area contributed by atoms with E-state index in [2.05, 4.69) is 15.9 Å². The number of rotatable bonds is 5. The van der Waals surface area contributed by atoms with Crippen LogP contribution < -0.4 is 4.90 Å². The number of anilines is 1. The number of halogens is 1. The van der Waals surface area contributed by atoms with Crippen molar-refractivity contribution in [1.82, 2.24) is 9.80 Å². The summed E-state index contributed by atoms with van der Waals surface area (Å²) < 4.78 is 18.8. The van der Waals surface area contributed by atoms with Crippen molar-refractivity contribution in [2.75, 3.05) is 44.2 Å². The maximum Gasteiger partial charge on any atom is 0.223 e. The molecule has 2 fully saturated rings. The van der Waals surface area contributed by atoms with Gasteiger partial charge in [0.15, 0.2) is 0 Å². The van der Waals surface area contributed by atoms with Crippen molar-refractivity contribution in [2.45, 2.75) is 38.1 Å². The Morgan fingerprint density at radius 3 is 2.52 bits per heavy atom. The molecule has 2 saturated heterocycles. The fourth-order valence-corrected chi connectivity index (χ4v) is 4.50. The maximum atomic E-state index is 13.1.